The van der Waals surface area contributed by atoms with Gasteiger partial charge in [0.2, 0.25) is 0 Å². The lowest BCUT2D eigenvalue weighted by atomic mass is 9.75. The second-order valence-electron chi connectivity index (χ2n) is 8.52. The Labute approximate surface area is 189 Å². The van der Waals surface area contributed by atoms with Crippen LogP contribution in [0.3, 0.4) is 0 Å². The topological polar surface area (TPSA) is 68.7 Å². The highest BCUT2D eigenvalue weighted by Crippen LogP contribution is 2.55. The molecule has 2 aliphatic rings. The van der Waals surface area contributed by atoms with Crippen molar-refractivity contribution in [2.75, 3.05) is 11.9 Å². The maximum Gasteiger partial charge on any atom is 0.417 e. The number of epoxide rings is 1. The number of aryl methyl sites for hydroxylation is 1. The summed E-state index contributed by atoms with van der Waals surface area (Å²) in [7, 11) is 0. The first-order chi connectivity index (χ1) is 15.8. The minimum atomic E-state index is -4.91. The summed E-state index contributed by atoms with van der Waals surface area (Å²) in [6.07, 6.45) is -6.76. The highest BCUT2D eigenvalue weighted by Gasteiger charge is 2.66. The summed E-state index contributed by atoms with van der Waals surface area (Å²) in [6, 6.07) is 1.88. The number of nitrogens with one attached hydrogen (secondary N) is 1. The number of anilines is 1. The van der Waals surface area contributed by atoms with Crippen molar-refractivity contribution in [3.63, 3.8) is 0 Å². The number of alkyl halides is 5. The van der Waals surface area contributed by atoms with E-state index in [0.29, 0.717) is 0 Å². The molecule has 5 atom stereocenters. The Balaban J connectivity index is 1.77. The van der Waals surface area contributed by atoms with Crippen LogP contribution in [0.1, 0.15) is 49.2 Å². The summed E-state index contributed by atoms with van der Waals surface area (Å²) in [4.78, 5) is 13.1. The summed E-state index contributed by atoms with van der Waals surface area (Å²) in [5, 5.41) is 5.82. The smallest absolute Gasteiger partial charge is 0.368 e. The molecule has 0 radical (unpaired) electrons. The van der Waals surface area contributed by atoms with E-state index in [1.165, 1.54) is 13.8 Å². The zero-order valence-electron chi connectivity index (χ0n) is 18.1. The Hall–Kier alpha value is -2.67. The largest absolute Gasteiger partial charge is 0.417 e. The van der Waals surface area contributed by atoms with Gasteiger partial charge in [0, 0.05) is 17.4 Å². The number of halogens is 7. The fourth-order valence-electron chi connectivity index (χ4n) is 4.35. The van der Waals surface area contributed by atoms with Crippen molar-refractivity contribution < 1.29 is 45.0 Å². The van der Waals surface area contributed by atoms with Crippen molar-refractivity contribution in [2.45, 2.75) is 57.2 Å². The first-order valence-corrected chi connectivity index (χ1v) is 10.2. The average molecular weight is 495 g/mol. The number of aromatic nitrogens is 2. The third kappa shape index (κ3) is 3.94. The van der Waals surface area contributed by atoms with Gasteiger partial charge >= 0.3 is 12.7 Å². The molecule has 1 N–H and O–H groups in total. The molecule has 0 saturated carbocycles. The fraction of sp³-hybridized carbons (Fsp3) is 0.524. The van der Waals surface area contributed by atoms with Gasteiger partial charge in [-0.05, 0) is 25.5 Å². The molecular weight excluding hydrogens is 475 g/mol. The van der Waals surface area contributed by atoms with E-state index in [0.717, 1.165) is 25.3 Å². The molecule has 1 aromatic heterocycles. The SMILES string of the molecule is Cc1nn(C(F)F)cc1NC(=O)C1OC(C)(C(F)(F)F)C(C)C1c1ccc(F)c(F)c1C1CO1. The Morgan fingerprint density at radius 1 is 1.29 bits per heavy atom. The van der Waals surface area contributed by atoms with E-state index >= 15 is 0 Å². The summed E-state index contributed by atoms with van der Waals surface area (Å²) >= 11 is 0. The van der Waals surface area contributed by atoms with Gasteiger partial charge in [-0.1, -0.05) is 13.0 Å². The third-order valence-corrected chi connectivity index (χ3v) is 6.48. The summed E-state index contributed by atoms with van der Waals surface area (Å²) in [5.74, 6) is -6.33. The van der Waals surface area contributed by atoms with Crippen molar-refractivity contribution >= 4 is 11.6 Å². The number of nitrogens with zero attached hydrogens (tertiary/aromatic N) is 2. The molecule has 2 aliphatic heterocycles. The van der Waals surface area contributed by atoms with Crippen LogP contribution >= 0.6 is 0 Å². The maximum atomic E-state index is 14.7. The van der Waals surface area contributed by atoms with Crippen LogP contribution in [0.25, 0.3) is 0 Å². The molecule has 0 aliphatic carbocycles. The van der Waals surface area contributed by atoms with Gasteiger partial charge in [0.25, 0.3) is 5.91 Å². The van der Waals surface area contributed by atoms with Gasteiger partial charge in [0.1, 0.15) is 12.2 Å². The quantitative estimate of drug-likeness (QED) is 0.468. The van der Waals surface area contributed by atoms with Crippen LogP contribution in [0.4, 0.5) is 36.4 Å². The van der Waals surface area contributed by atoms with Crippen LogP contribution in [0.5, 0.6) is 0 Å². The summed E-state index contributed by atoms with van der Waals surface area (Å²) in [6.45, 7) is 0.322. The Kier molecular flexibility index (Phi) is 5.91. The number of benzene rings is 1. The van der Waals surface area contributed by atoms with Crippen molar-refractivity contribution in [3.05, 3.63) is 46.8 Å². The molecule has 2 fully saturated rings. The van der Waals surface area contributed by atoms with Crippen molar-refractivity contribution in [1.29, 1.82) is 0 Å². The lowest BCUT2D eigenvalue weighted by molar-refractivity contribution is -0.272. The van der Waals surface area contributed by atoms with Gasteiger partial charge in [-0.2, -0.15) is 27.1 Å². The van der Waals surface area contributed by atoms with E-state index in [1.54, 1.807) is 0 Å². The minimum absolute atomic E-state index is 0.00488. The number of hydrogen-bond acceptors (Lipinski definition) is 4. The van der Waals surface area contributed by atoms with Crippen LogP contribution < -0.4 is 5.32 Å². The lowest BCUT2D eigenvalue weighted by Crippen LogP contribution is -2.47. The van der Waals surface area contributed by atoms with E-state index in [-0.39, 0.29) is 33.8 Å². The first-order valence-electron chi connectivity index (χ1n) is 10.2. The molecule has 2 saturated heterocycles. The molecule has 186 valence electrons. The van der Waals surface area contributed by atoms with Gasteiger partial charge in [-0.3, -0.25) is 4.79 Å². The number of carbonyl (C=O) groups excluding carboxylic acids is 1. The van der Waals surface area contributed by atoms with Crippen LogP contribution in [-0.2, 0) is 14.3 Å². The molecule has 4 rings (SSSR count). The second kappa shape index (κ2) is 8.22. The highest BCUT2D eigenvalue weighted by atomic mass is 19.4. The molecule has 3 heterocycles. The van der Waals surface area contributed by atoms with Crippen molar-refractivity contribution in [2.24, 2.45) is 5.92 Å². The van der Waals surface area contributed by atoms with Gasteiger partial charge in [-0.25, -0.2) is 13.5 Å². The fourth-order valence-corrected chi connectivity index (χ4v) is 4.35. The minimum Gasteiger partial charge on any atom is -0.368 e. The molecule has 1 aromatic carbocycles. The molecule has 1 amide bonds. The standard InChI is InChI=1S/C21H20F7N3O3/c1-8-14(10-4-5-11(22)16(23)15(10)13-7-33-13)17(34-20(8,3)21(26,27)28)18(32)29-12-6-31(19(24)25)30-9(12)2/h4-6,8,13-14,17,19H,7H2,1-3H3,(H,29,32). The predicted molar refractivity (Wildman–Crippen MR) is 103 cm³/mol. The summed E-state index contributed by atoms with van der Waals surface area (Å²) in [5.41, 5.74) is -3.30. The molecule has 5 unspecified atom stereocenters. The van der Waals surface area contributed by atoms with E-state index in [2.05, 4.69) is 10.4 Å². The molecule has 6 nitrogen and oxygen atoms in total. The zero-order chi connectivity index (χ0) is 25.2. The van der Waals surface area contributed by atoms with Gasteiger partial charge in [0.05, 0.1) is 24.2 Å². The molecular formula is C21H20F7N3O3. The lowest BCUT2D eigenvalue weighted by Gasteiger charge is -2.32. The molecule has 2 aromatic rings. The van der Waals surface area contributed by atoms with Crippen molar-refractivity contribution in [3.8, 4) is 0 Å². The molecule has 0 spiro atoms. The van der Waals surface area contributed by atoms with Gasteiger partial charge in [-0.15, -0.1) is 0 Å². The van der Waals surface area contributed by atoms with Gasteiger partial charge < -0.3 is 14.8 Å². The number of amides is 1. The normalized spacial score (nSPS) is 29.0. The Morgan fingerprint density at radius 3 is 2.47 bits per heavy atom. The van der Waals surface area contributed by atoms with E-state index in [1.807, 2.05) is 0 Å². The number of hydrogen-bond donors (Lipinski definition) is 1. The highest BCUT2D eigenvalue weighted by molar-refractivity contribution is 5.95. The van der Waals surface area contributed by atoms with Crippen LogP contribution in [-0.4, -0.2) is 40.2 Å². The Morgan fingerprint density at radius 2 is 1.94 bits per heavy atom. The molecule has 13 heteroatoms. The molecule has 0 bridgehead atoms. The average Bonchev–Trinajstić information content (AvgIpc) is 3.45. The number of rotatable bonds is 5. The molecule has 34 heavy (non-hydrogen) atoms. The third-order valence-electron chi connectivity index (χ3n) is 6.48. The van der Waals surface area contributed by atoms with Crippen molar-refractivity contribution in [1.82, 2.24) is 9.78 Å². The number of ether oxygens (including phenoxy) is 2. The van der Waals surface area contributed by atoms with Gasteiger partial charge in [0.15, 0.2) is 17.2 Å². The maximum absolute atomic E-state index is 14.7. The van der Waals surface area contributed by atoms with E-state index in [9.17, 15) is 35.5 Å². The predicted octanol–water partition coefficient (Wildman–Crippen LogP) is 5.01. The van der Waals surface area contributed by atoms with Crippen LogP contribution in [0, 0.1) is 24.5 Å². The first kappa shape index (κ1) is 24.5. The van der Waals surface area contributed by atoms with E-state index < -0.39 is 59.9 Å². The van der Waals surface area contributed by atoms with Crippen LogP contribution in [0.2, 0.25) is 0 Å². The summed E-state index contributed by atoms with van der Waals surface area (Å²) < 4.78 is 107. The van der Waals surface area contributed by atoms with Crippen LogP contribution in [0.15, 0.2) is 18.3 Å². The zero-order valence-corrected chi connectivity index (χ0v) is 18.1. The van der Waals surface area contributed by atoms with E-state index in [4.69, 9.17) is 9.47 Å². The Bertz CT molecular complexity index is 1120. The monoisotopic (exact) mass is 495 g/mol. The second-order valence-corrected chi connectivity index (χ2v) is 8.52. The number of carbonyl (C=O) groups is 1.